The summed E-state index contributed by atoms with van der Waals surface area (Å²) in [6.45, 7) is 1.88. The van der Waals surface area contributed by atoms with Crippen molar-refractivity contribution in [3.63, 3.8) is 0 Å². The van der Waals surface area contributed by atoms with E-state index in [0.717, 1.165) is 10.0 Å². The number of urea groups is 1. The summed E-state index contributed by atoms with van der Waals surface area (Å²) in [7, 11) is 1.37. The van der Waals surface area contributed by atoms with Crippen LogP contribution >= 0.6 is 0 Å². The summed E-state index contributed by atoms with van der Waals surface area (Å²) in [6.07, 6.45) is 0. The van der Waals surface area contributed by atoms with E-state index in [1.54, 1.807) is 37.3 Å². The molecule has 25 heavy (non-hydrogen) atoms. The highest BCUT2D eigenvalue weighted by Gasteiger charge is 2.24. The fourth-order valence-electron chi connectivity index (χ4n) is 2.18. The van der Waals surface area contributed by atoms with Crippen molar-refractivity contribution in [3.8, 4) is 0 Å². The summed E-state index contributed by atoms with van der Waals surface area (Å²) in [5.41, 5.74) is 0.564. The third kappa shape index (κ3) is 4.41. The number of imide groups is 1. The second-order valence-electron chi connectivity index (χ2n) is 5.18. The molecule has 0 atom stereocenters. The number of amides is 4. The van der Waals surface area contributed by atoms with Gasteiger partial charge in [0, 0.05) is 24.7 Å². The van der Waals surface area contributed by atoms with Crippen LogP contribution in [0.15, 0.2) is 54.6 Å². The molecule has 0 radical (unpaired) electrons. The van der Waals surface area contributed by atoms with Gasteiger partial charge in [0.15, 0.2) is 0 Å². The molecule has 2 rings (SSSR count). The van der Waals surface area contributed by atoms with Crippen LogP contribution in [0, 0.1) is 5.82 Å². The summed E-state index contributed by atoms with van der Waals surface area (Å²) < 4.78 is 13.0. The molecule has 130 valence electrons. The molecule has 7 heteroatoms. The average Bonchev–Trinajstić information content (AvgIpc) is 2.63. The zero-order valence-electron chi connectivity index (χ0n) is 13.9. The molecule has 0 aliphatic rings. The Bertz CT molecular complexity index is 763. The van der Waals surface area contributed by atoms with Crippen LogP contribution in [0.4, 0.5) is 9.18 Å². The molecular weight excluding hydrogens is 325 g/mol. The van der Waals surface area contributed by atoms with Crippen molar-refractivity contribution in [2.45, 2.75) is 6.92 Å². The lowest BCUT2D eigenvalue weighted by molar-refractivity contribution is 0.0275. The van der Waals surface area contributed by atoms with Gasteiger partial charge in [-0.2, -0.15) is 0 Å². The molecule has 0 bridgehead atoms. The van der Waals surface area contributed by atoms with Crippen molar-refractivity contribution in [2.75, 3.05) is 13.6 Å². The normalized spacial score (nSPS) is 10.0. The molecule has 6 nitrogen and oxygen atoms in total. The van der Waals surface area contributed by atoms with Crippen LogP contribution in [0.5, 0.6) is 0 Å². The SMILES string of the molecule is CCN(C(=O)c1ccc(F)cc1)N(C)C(=O)NC(=O)c1ccccc1. The monoisotopic (exact) mass is 343 g/mol. The number of hydrazine groups is 1. The minimum atomic E-state index is -0.744. The van der Waals surface area contributed by atoms with E-state index in [-0.39, 0.29) is 12.1 Å². The Kier molecular flexibility index (Phi) is 5.84. The minimum absolute atomic E-state index is 0.194. The number of carbonyl (C=O) groups is 3. The quantitative estimate of drug-likeness (QED) is 0.871. The highest BCUT2D eigenvalue weighted by Crippen LogP contribution is 2.09. The van der Waals surface area contributed by atoms with Crippen molar-refractivity contribution >= 4 is 17.8 Å². The lowest BCUT2D eigenvalue weighted by Gasteiger charge is -2.30. The summed E-state index contributed by atoms with van der Waals surface area (Å²) >= 11 is 0. The van der Waals surface area contributed by atoms with E-state index in [2.05, 4.69) is 5.32 Å². The fourth-order valence-corrected chi connectivity index (χ4v) is 2.18. The second kappa shape index (κ2) is 8.05. The van der Waals surface area contributed by atoms with Gasteiger partial charge in [-0.3, -0.25) is 14.9 Å². The largest absolute Gasteiger partial charge is 0.342 e. The molecule has 0 spiro atoms. The Labute approximate surface area is 144 Å². The van der Waals surface area contributed by atoms with Gasteiger partial charge in [0.1, 0.15) is 5.82 Å². The number of nitrogens with one attached hydrogen (secondary N) is 1. The Hall–Kier alpha value is -3.22. The Morgan fingerprint density at radius 3 is 2.12 bits per heavy atom. The van der Waals surface area contributed by atoms with Crippen molar-refractivity contribution < 1.29 is 18.8 Å². The van der Waals surface area contributed by atoms with Gasteiger partial charge in [0.25, 0.3) is 11.8 Å². The molecule has 0 unspecified atom stereocenters. The van der Waals surface area contributed by atoms with Crippen LogP contribution in [0.3, 0.4) is 0 Å². The molecule has 2 aromatic rings. The summed E-state index contributed by atoms with van der Waals surface area (Å²) in [5.74, 6) is -1.51. The van der Waals surface area contributed by atoms with Gasteiger partial charge in [-0.05, 0) is 43.3 Å². The maximum absolute atomic E-state index is 13.0. The molecule has 0 saturated carbocycles. The Morgan fingerprint density at radius 2 is 1.56 bits per heavy atom. The van der Waals surface area contributed by atoms with Gasteiger partial charge in [-0.1, -0.05) is 18.2 Å². The van der Waals surface area contributed by atoms with E-state index in [9.17, 15) is 18.8 Å². The van der Waals surface area contributed by atoms with Crippen molar-refractivity contribution in [1.82, 2.24) is 15.3 Å². The molecule has 0 saturated heterocycles. The Balaban J connectivity index is 2.09. The van der Waals surface area contributed by atoms with Gasteiger partial charge in [0.2, 0.25) is 0 Å². The minimum Gasteiger partial charge on any atom is -0.272 e. The summed E-state index contributed by atoms with van der Waals surface area (Å²) in [6, 6.07) is 12.5. The molecule has 2 aromatic carbocycles. The summed E-state index contributed by atoms with van der Waals surface area (Å²) in [5, 5.41) is 4.39. The zero-order chi connectivity index (χ0) is 18.4. The molecule has 0 fully saturated rings. The third-order valence-corrected chi connectivity index (χ3v) is 3.54. The maximum atomic E-state index is 13.0. The van der Waals surface area contributed by atoms with E-state index in [0.29, 0.717) is 5.56 Å². The number of benzene rings is 2. The highest BCUT2D eigenvalue weighted by atomic mass is 19.1. The first-order valence-electron chi connectivity index (χ1n) is 7.65. The second-order valence-corrected chi connectivity index (χ2v) is 5.18. The molecule has 1 N–H and O–H groups in total. The third-order valence-electron chi connectivity index (χ3n) is 3.54. The lowest BCUT2D eigenvalue weighted by atomic mass is 10.2. The van der Waals surface area contributed by atoms with E-state index >= 15 is 0 Å². The molecule has 4 amide bonds. The van der Waals surface area contributed by atoms with E-state index in [1.807, 2.05) is 0 Å². The summed E-state index contributed by atoms with van der Waals surface area (Å²) in [4.78, 5) is 36.8. The lowest BCUT2D eigenvalue weighted by Crippen LogP contribution is -2.52. The zero-order valence-corrected chi connectivity index (χ0v) is 13.9. The van der Waals surface area contributed by atoms with Gasteiger partial charge in [-0.15, -0.1) is 0 Å². The van der Waals surface area contributed by atoms with Crippen molar-refractivity contribution in [1.29, 1.82) is 0 Å². The van der Waals surface area contributed by atoms with E-state index in [1.165, 1.54) is 31.3 Å². The topological polar surface area (TPSA) is 69.7 Å². The van der Waals surface area contributed by atoms with E-state index < -0.39 is 23.7 Å². The first-order valence-corrected chi connectivity index (χ1v) is 7.65. The molecular formula is C18H18FN3O3. The van der Waals surface area contributed by atoms with Crippen LogP contribution in [0.25, 0.3) is 0 Å². The van der Waals surface area contributed by atoms with Crippen LogP contribution in [0.2, 0.25) is 0 Å². The maximum Gasteiger partial charge on any atom is 0.342 e. The van der Waals surface area contributed by atoms with Crippen LogP contribution < -0.4 is 5.32 Å². The van der Waals surface area contributed by atoms with Gasteiger partial charge >= 0.3 is 6.03 Å². The number of halogens is 1. The van der Waals surface area contributed by atoms with Gasteiger partial charge in [0.05, 0.1) is 0 Å². The standard InChI is InChI=1S/C18H18FN3O3/c1-3-22(17(24)14-9-11-15(19)12-10-14)21(2)18(25)20-16(23)13-7-5-4-6-8-13/h4-12H,3H2,1-2H3,(H,20,23,25). The predicted octanol–water partition coefficient (Wildman–Crippen LogP) is 2.68. The number of hydrogen-bond donors (Lipinski definition) is 1. The Morgan fingerprint density at radius 1 is 0.960 bits per heavy atom. The number of nitrogens with zero attached hydrogens (tertiary/aromatic N) is 2. The fraction of sp³-hybridized carbons (Fsp3) is 0.167. The average molecular weight is 343 g/mol. The van der Waals surface area contributed by atoms with Gasteiger partial charge in [-0.25, -0.2) is 19.2 Å². The van der Waals surface area contributed by atoms with Crippen molar-refractivity contribution in [2.24, 2.45) is 0 Å². The molecule has 0 aromatic heterocycles. The van der Waals surface area contributed by atoms with Crippen LogP contribution in [0.1, 0.15) is 27.6 Å². The van der Waals surface area contributed by atoms with Gasteiger partial charge < -0.3 is 0 Å². The van der Waals surface area contributed by atoms with Crippen LogP contribution in [-0.2, 0) is 0 Å². The van der Waals surface area contributed by atoms with Crippen LogP contribution in [-0.4, -0.2) is 41.5 Å². The first kappa shape index (κ1) is 18.1. The molecule has 0 aliphatic heterocycles. The smallest absolute Gasteiger partial charge is 0.272 e. The number of rotatable bonds is 3. The molecule has 0 heterocycles. The van der Waals surface area contributed by atoms with Crippen molar-refractivity contribution in [3.05, 3.63) is 71.5 Å². The molecule has 0 aliphatic carbocycles. The first-order chi connectivity index (χ1) is 11.9. The number of hydrogen-bond acceptors (Lipinski definition) is 3. The van der Waals surface area contributed by atoms with E-state index in [4.69, 9.17) is 0 Å². The number of carbonyl (C=O) groups excluding carboxylic acids is 3. The predicted molar refractivity (Wildman–Crippen MR) is 90.2 cm³/mol. The highest BCUT2D eigenvalue weighted by molar-refractivity contribution is 6.04.